The smallest absolute Gasteiger partial charge is 0.404 e. The van der Waals surface area contributed by atoms with Crippen LogP contribution in [0.15, 0.2) is 18.3 Å². The van der Waals surface area contributed by atoms with E-state index in [9.17, 15) is 13.2 Å². The van der Waals surface area contributed by atoms with E-state index in [1.165, 1.54) is 12.1 Å². The van der Waals surface area contributed by atoms with Gasteiger partial charge in [0.05, 0.1) is 18.4 Å². The number of alkyl halides is 3. The van der Waals surface area contributed by atoms with Crippen LogP contribution in [0.1, 0.15) is 13.8 Å². The molecule has 1 aliphatic rings. The molecule has 0 N–H and O–H groups in total. The maximum absolute atomic E-state index is 12.0. The lowest BCUT2D eigenvalue weighted by atomic mass is 10.1. The van der Waals surface area contributed by atoms with Crippen LogP contribution in [0.5, 0.6) is 5.75 Å². The monoisotopic (exact) mass is 276 g/mol. The molecule has 0 unspecified atom stereocenters. The Morgan fingerprint density at radius 3 is 2.63 bits per heavy atom. The molecule has 0 spiro atoms. The van der Waals surface area contributed by atoms with Crippen LogP contribution >= 0.6 is 0 Å². The number of rotatable bonds is 2. The fourth-order valence-electron chi connectivity index (χ4n) is 1.97. The first-order valence-corrected chi connectivity index (χ1v) is 5.86. The molecule has 0 saturated carbocycles. The van der Waals surface area contributed by atoms with E-state index in [-0.39, 0.29) is 11.4 Å². The summed E-state index contributed by atoms with van der Waals surface area (Å²) in [4.78, 5) is 5.97. The van der Waals surface area contributed by atoms with E-state index in [0.717, 1.165) is 6.20 Å². The predicted octanol–water partition coefficient (Wildman–Crippen LogP) is 2.60. The average molecular weight is 276 g/mol. The Morgan fingerprint density at radius 1 is 1.37 bits per heavy atom. The number of pyridine rings is 1. The van der Waals surface area contributed by atoms with Crippen molar-refractivity contribution in [3.63, 3.8) is 0 Å². The van der Waals surface area contributed by atoms with E-state index in [1.54, 1.807) is 0 Å². The summed E-state index contributed by atoms with van der Waals surface area (Å²) in [6.07, 6.45) is -3.62. The van der Waals surface area contributed by atoms with Crippen LogP contribution in [0, 0.1) is 0 Å². The molecule has 0 bridgehead atoms. The molecule has 19 heavy (non-hydrogen) atoms. The van der Waals surface area contributed by atoms with Crippen molar-refractivity contribution in [2.75, 3.05) is 24.6 Å². The second-order valence-electron chi connectivity index (χ2n) is 4.93. The van der Waals surface area contributed by atoms with Gasteiger partial charge in [0.15, 0.2) is 0 Å². The lowest BCUT2D eigenvalue weighted by molar-refractivity contribution is -0.274. The van der Waals surface area contributed by atoms with Crippen molar-refractivity contribution in [1.82, 2.24) is 4.98 Å². The topological polar surface area (TPSA) is 34.6 Å². The molecule has 4 nitrogen and oxygen atoms in total. The fourth-order valence-corrected chi connectivity index (χ4v) is 1.97. The first-order valence-electron chi connectivity index (χ1n) is 5.86. The van der Waals surface area contributed by atoms with E-state index in [0.29, 0.717) is 25.5 Å². The maximum Gasteiger partial charge on any atom is 0.573 e. The molecule has 0 atom stereocenters. The maximum atomic E-state index is 12.0. The third kappa shape index (κ3) is 3.99. The van der Waals surface area contributed by atoms with Gasteiger partial charge in [-0.15, -0.1) is 13.2 Å². The minimum Gasteiger partial charge on any atom is -0.404 e. The molecule has 7 heteroatoms. The summed E-state index contributed by atoms with van der Waals surface area (Å²) >= 11 is 0. The number of ether oxygens (including phenoxy) is 2. The zero-order chi connectivity index (χ0) is 14.1. The van der Waals surface area contributed by atoms with E-state index >= 15 is 0 Å². The van der Waals surface area contributed by atoms with E-state index in [2.05, 4.69) is 9.72 Å². The molecule has 0 aliphatic carbocycles. The first kappa shape index (κ1) is 13.9. The second-order valence-corrected chi connectivity index (χ2v) is 4.93. The molecule has 106 valence electrons. The SMILES string of the molecule is CC1(C)CN(c2ccc(OC(F)(F)F)cn2)CCO1. The van der Waals surface area contributed by atoms with Crippen molar-refractivity contribution in [2.24, 2.45) is 0 Å². The van der Waals surface area contributed by atoms with Crippen LogP contribution in [0.25, 0.3) is 0 Å². The number of hydrogen-bond donors (Lipinski definition) is 0. The number of hydrogen-bond acceptors (Lipinski definition) is 4. The normalized spacial score (nSPS) is 19.3. The minimum atomic E-state index is -4.69. The van der Waals surface area contributed by atoms with Crippen molar-refractivity contribution in [3.05, 3.63) is 18.3 Å². The molecule has 1 aliphatic heterocycles. The van der Waals surface area contributed by atoms with Gasteiger partial charge in [0.2, 0.25) is 0 Å². The largest absolute Gasteiger partial charge is 0.573 e. The molecule has 0 radical (unpaired) electrons. The molecule has 1 aromatic heterocycles. The van der Waals surface area contributed by atoms with E-state index < -0.39 is 6.36 Å². The standard InChI is InChI=1S/C12H15F3N2O2/c1-11(2)8-17(5-6-18-11)10-4-3-9(7-16-10)19-12(13,14)15/h3-4,7H,5-6,8H2,1-2H3. The predicted molar refractivity (Wildman–Crippen MR) is 63.2 cm³/mol. The Kier molecular flexibility index (Phi) is 3.58. The minimum absolute atomic E-state index is 0.291. The van der Waals surface area contributed by atoms with E-state index in [1.807, 2.05) is 18.7 Å². The van der Waals surface area contributed by atoms with Gasteiger partial charge in [-0.25, -0.2) is 4.98 Å². The van der Waals surface area contributed by atoms with Gasteiger partial charge in [0.1, 0.15) is 11.6 Å². The number of halogens is 3. The Bertz CT molecular complexity index is 432. The van der Waals surface area contributed by atoms with Crippen molar-refractivity contribution in [3.8, 4) is 5.75 Å². The van der Waals surface area contributed by atoms with Crippen molar-refractivity contribution < 1.29 is 22.6 Å². The van der Waals surface area contributed by atoms with Crippen molar-refractivity contribution >= 4 is 5.82 Å². The molecule has 1 aromatic rings. The highest BCUT2D eigenvalue weighted by Gasteiger charge is 2.31. The molecule has 0 aromatic carbocycles. The lowest BCUT2D eigenvalue weighted by Crippen LogP contribution is -2.48. The van der Waals surface area contributed by atoms with Gasteiger partial charge in [-0.05, 0) is 26.0 Å². The summed E-state index contributed by atoms with van der Waals surface area (Å²) in [7, 11) is 0. The van der Waals surface area contributed by atoms with Crippen LogP contribution in [-0.2, 0) is 4.74 Å². The van der Waals surface area contributed by atoms with E-state index in [4.69, 9.17) is 4.74 Å². The first-order chi connectivity index (χ1) is 8.75. The van der Waals surface area contributed by atoms with Gasteiger partial charge in [-0.1, -0.05) is 0 Å². The number of aromatic nitrogens is 1. The van der Waals surface area contributed by atoms with Crippen LogP contribution in [-0.4, -0.2) is 36.6 Å². The quantitative estimate of drug-likeness (QED) is 0.831. The van der Waals surface area contributed by atoms with Crippen LogP contribution in [0.4, 0.5) is 19.0 Å². The van der Waals surface area contributed by atoms with Gasteiger partial charge < -0.3 is 14.4 Å². The van der Waals surface area contributed by atoms with Gasteiger partial charge in [0.25, 0.3) is 0 Å². The molecule has 0 amide bonds. The summed E-state index contributed by atoms with van der Waals surface area (Å²) in [6, 6.07) is 2.78. The second kappa shape index (κ2) is 4.88. The fraction of sp³-hybridized carbons (Fsp3) is 0.583. The summed E-state index contributed by atoms with van der Waals surface area (Å²) < 4.78 is 45.4. The highest BCUT2D eigenvalue weighted by atomic mass is 19.4. The molecule has 1 saturated heterocycles. The average Bonchev–Trinajstić information content (AvgIpc) is 2.26. The highest BCUT2D eigenvalue weighted by Crippen LogP contribution is 2.25. The zero-order valence-corrected chi connectivity index (χ0v) is 10.7. The molecular formula is C12H15F3N2O2. The van der Waals surface area contributed by atoms with Gasteiger partial charge in [-0.3, -0.25) is 0 Å². The van der Waals surface area contributed by atoms with Crippen LogP contribution < -0.4 is 9.64 Å². The van der Waals surface area contributed by atoms with Gasteiger partial charge in [0, 0.05) is 13.1 Å². The zero-order valence-electron chi connectivity index (χ0n) is 10.7. The Morgan fingerprint density at radius 2 is 2.11 bits per heavy atom. The molecule has 2 heterocycles. The summed E-state index contributed by atoms with van der Waals surface area (Å²) in [5.41, 5.74) is -0.291. The molecular weight excluding hydrogens is 261 g/mol. The Balaban J connectivity index is 2.06. The number of nitrogens with zero attached hydrogens (tertiary/aromatic N) is 2. The number of anilines is 1. The third-order valence-electron chi connectivity index (χ3n) is 2.70. The Hall–Kier alpha value is -1.50. The lowest BCUT2D eigenvalue weighted by Gasteiger charge is -2.38. The van der Waals surface area contributed by atoms with Crippen LogP contribution in [0.3, 0.4) is 0 Å². The van der Waals surface area contributed by atoms with Gasteiger partial charge >= 0.3 is 6.36 Å². The Labute approximate surface area is 109 Å². The number of morpholine rings is 1. The molecule has 1 fully saturated rings. The molecule has 2 rings (SSSR count). The highest BCUT2D eigenvalue weighted by molar-refractivity contribution is 5.41. The summed E-state index contributed by atoms with van der Waals surface area (Å²) in [5.74, 6) is 0.301. The third-order valence-corrected chi connectivity index (χ3v) is 2.70. The van der Waals surface area contributed by atoms with Crippen molar-refractivity contribution in [2.45, 2.75) is 25.8 Å². The summed E-state index contributed by atoms with van der Waals surface area (Å²) in [6.45, 7) is 5.78. The summed E-state index contributed by atoms with van der Waals surface area (Å²) in [5, 5.41) is 0. The van der Waals surface area contributed by atoms with Gasteiger partial charge in [-0.2, -0.15) is 0 Å². The van der Waals surface area contributed by atoms with Crippen molar-refractivity contribution in [1.29, 1.82) is 0 Å². The van der Waals surface area contributed by atoms with Crippen LogP contribution in [0.2, 0.25) is 0 Å².